The van der Waals surface area contributed by atoms with Gasteiger partial charge in [-0.05, 0) is 71.1 Å². The zero-order chi connectivity index (χ0) is 11.4. The van der Waals surface area contributed by atoms with Gasteiger partial charge in [0.15, 0.2) is 0 Å². The molecule has 2 saturated heterocycles. The number of nitrogens with zero attached hydrogens (tertiary/aromatic N) is 1. The minimum atomic E-state index is 0.499. The van der Waals surface area contributed by atoms with Crippen LogP contribution >= 0.6 is 0 Å². The lowest BCUT2D eigenvalue weighted by atomic mass is 9.76. The SMILES string of the molecule is CCC1(CC2CCN(C)CC2)CCCCN1. The molecule has 0 radical (unpaired) electrons. The third-order valence-electron chi connectivity index (χ3n) is 4.78. The summed E-state index contributed by atoms with van der Waals surface area (Å²) in [6.07, 6.45) is 9.81. The van der Waals surface area contributed by atoms with Crippen LogP contribution in [0.15, 0.2) is 0 Å². The predicted octanol–water partition coefficient (Wildman–Crippen LogP) is 2.64. The van der Waals surface area contributed by atoms with Crippen molar-refractivity contribution in [2.45, 2.75) is 57.4 Å². The van der Waals surface area contributed by atoms with E-state index in [1.54, 1.807) is 0 Å². The quantitative estimate of drug-likeness (QED) is 0.793. The van der Waals surface area contributed by atoms with Gasteiger partial charge in [0.25, 0.3) is 0 Å². The van der Waals surface area contributed by atoms with Crippen molar-refractivity contribution in [3.63, 3.8) is 0 Å². The lowest BCUT2D eigenvalue weighted by Gasteiger charge is -2.42. The van der Waals surface area contributed by atoms with E-state index in [0.29, 0.717) is 5.54 Å². The summed E-state index contributed by atoms with van der Waals surface area (Å²) in [6, 6.07) is 0. The molecule has 0 aliphatic carbocycles. The summed E-state index contributed by atoms with van der Waals surface area (Å²) in [5, 5.41) is 3.83. The van der Waals surface area contributed by atoms with Gasteiger partial charge in [0.2, 0.25) is 0 Å². The summed E-state index contributed by atoms with van der Waals surface area (Å²) in [4.78, 5) is 2.48. The molecule has 1 unspecified atom stereocenters. The van der Waals surface area contributed by atoms with E-state index in [1.807, 2.05) is 0 Å². The summed E-state index contributed by atoms with van der Waals surface area (Å²) < 4.78 is 0. The van der Waals surface area contributed by atoms with Crippen molar-refractivity contribution < 1.29 is 0 Å². The molecular formula is C14H28N2. The average Bonchev–Trinajstić information content (AvgIpc) is 2.33. The Hall–Kier alpha value is -0.0800. The first-order chi connectivity index (χ1) is 7.74. The van der Waals surface area contributed by atoms with Crippen LogP contribution in [0.25, 0.3) is 0 Å². The Morgan fingerprint density at radius 3 is 2.56 bits per heavy atom. The van der Waals surface area contributed by atoms with Gasteiger partial charge in [-0.25, -0.2) is 0 Å². The van der Waals surface area contributed by atoms with Gasteiger partial charge < -0.3 is 10.2 Å². The number of hydrogen-bond donors (Lipinski definition) is 1. The summed E-state index contributed by atoms with van der Waals surface area (Å²) in [5.74, 6) is 0.974. The van der Waals surface area contributed by atoms with Crippen LogP contribution in [-0.2, 0) is 0 Å². The van der Waals surface area contributed by atoms with Crippen molar-refractivity contribution in [1.29, 1.82) is 0 Å². The largest absolute Gasteiger partial charge is 0.311 e. The molecule has 0 bridgehead atoms. The Kier molecular flexibility index (Phi) is 4.26. The topological polar surface area (TPSA) is 15.3 Å². The van der Waals surface area contributed by atoms with Gasteiger partial charge in [-0.3, -0.25) is 0 Å². The van der Waals surface area contributed by atoms with Crippen LogP contribution in [0.3, 0.4) is 0 Å². The third kappa shape index (κ3) is 2.98. The third-order valence-corrected chi connectivity index (χ3v) is 4.78. The molecular weight excluding hydrogens is 196 g/mol. The van der Waals surface area contributed by atoms with Crippen molar-refractivity contribution in [1.82, 2.24) is 10.2 Å². The van der Waals surface area contributed by atoms with E-state index in [-0.39, 0.29) is 0 Å². The zero-order valence-electron chi connectivity index (χ0n) is 11.1. The second kappa shape index (κ2) is 5.50. The summed E-state index contributed by atoms with van der Waals surface area (Å²) >= 11 is 0. The Morgan fingerprint density at radius 2 is 2.00 bits per heavy atom. The van der Waals surface area contributed by atoms with Gasteiger partial charge in [0.05, 0.1) is 0 Å². The summed E-state index contributed by atoms with van der Waals surface area (Å²) in [6.45, 7) is 6.24. The van der Waals surface area contributed by atoms with Gasteiger partial charge in [-0.2, -0.15) is 0 Å². The molecule has 16 heavy (non-hydrogen) atoms. The number of nitrogens with one attached hydrogen (secondary N) is 1. The lowest BCUT2D eigenvalue weighted by Crippen LogP contribution is -2.50. The zero-order valence-corrected chi connectivity index (χ0v) is 11.1. The highest BCUT2D eigenvalue weighted by Crippen LogP contribution is 2.33. The summed E-state index contributed by atoms with van der Waals surface area (Å²) in [7, 11) is 2.25. The molecule has 2 rings (SSSR count). The van der Waals surface area contributed by atoms with Crippen LogP contribution in [0.5, 0.6) is 0 Å². The molecule has 1 N–H and O–H groups in total. The van der Waals surface area contributed by atoms with Crippen LogP contribution in [0.2, 0.25) is 0 Å². The highest BCUT2D eigenvalue weighted by atomic mass is 15.1. The van der Waals surface area contributed by atoms with E-state index in [9.17, 15) is 0 Å². The van der Waals surface area contributed by atoms with Crippen molar-refractivity contribution in [2.75, 3.05) is 26.7 Å². The Morgan fingerprint density at radius 1 is 1.25 bits per heavy atom. The Bertz CT molecular complexity index is 201. The van der Waals surface area contributed by atoms with Crippen LogP contribution in [0.4, 0.5) is 0 Å². The molecule has 2 heteroatoms. The molecule has 0 aromatic carbocycles. The van der Waals surface area contributed by atoms with Gasteiger partial charge in [-0.15, -0.1) is 0 Å². The van der Waals surface area contributed by atoms with Gasteiger partial charge in [0.1, 0.15) is 0 Å². The van der Waals surface area contributed by atoms with E-state index < -0.39 is 0 Å². The predicted molar refractivity (Wildman–Crippen MR) is 69.7 cm³/mol. The fourth-order valence-corrected chi connectivity index (χ4v) is 3.47. The smallest absolute Gasteiger partial charge is 0.0181 e. The van der Waals surface area contributed by atoms with E-state index in [1.165, 1.54) is 64.6 Å². The molecule has 0 aromatic heterocycles. The van der Waals surface area contributed by atoms with E-state index in [0.717, 1.165) is 5.92 Å². The highest BCUT2D eigenvalue weighted by molar-refractivity contribution is 4.92. The second-order valence-corrected chi connectivity index (χ2v) is 5.97. The van der Waals surface area contributed by atoms with Crippen LogP contribution in [-0.4, -0.2) is 37.1 Å². The van der Waals surface area contributed by atoms with Crippen molar-refractivity contribution in [2.24, 2.45) is 5.92 Å². The monoisotopic (exact) mass is 224 g/mol. The summed E-state index contributed by atoms with van der Waals surface area (Å²) in [5.41, 5.74) is 0.499. The fraction of sp³-hybridized carbons (Fsp3) is 1.00. The normalized spacial score (nSPS) is 34.1. The molecule has 1 atom stereocenters. The van der Waals surface area contributed by atoms with Crippen LogP contribution < -0.4 is 5.32 Å². The lowest BCUT2D eigenvalue weighted by molar-refractivity contribution is 0.144. The number of rotatable bonds is 3. The minimum Gasteiger partial charge on any atom is -0.311 e. The molecule has 94 valence electrons. The molecule has 0 saturated carbocycles. The standard InChI is InChI=1S/C14H28N2/c1-3-14(8-4-5-9-15-14)12-13-6-10-16(2)11-7-13/h13,15H,3-12H2,1-2H3. The molecule has 0 amide bonds. The molecule has 2 aliphatic rings. The number of hydrogen-bond acceptors (Lipinski definition) is 2. The first kappa shape index (κ1) is 12.4. The first-order valence-electron chi connectivity index (χ1n) is 7.18. The van der Waals surface area contributed by atoms with Crippen molar-refractivity contribution in [3.05, 3.63) is 0 Å². The molecule has 0 aromatic rings. The van der Waals surface area contributed by atoms with Gasteiger partial charge in [0, 0.05) is 5.54 Å². The number of likely N-dealkylation sites (tertiary alicyclic amines) is 1. The van der Waals surface area contributed by atoms with E-state index in [2.05, 4.69) is 24.2 Å². The fourth-order valence-electron chi connectivity index (χ4n) is 3.47. The maximum atomic E-state index is 3.83. The Labute approximate surface area is 101 Å². The van der Waals surface area contributed by atoms with Gasteiger partial charge >= 0.3 is 0 Å². The highest BCUT2D eigenvalue weighted by Gasteiger charge is 2.33. The second-order valence-electron chi connectivity index (χ2n) is 5.97. The maximum Gasteiger partial charge on any atom is 0.0181 e. The first-order valence-corrected chi connectivity index (χ1v) is 7.18. The van der Waals surface area contributed by atoms with Gasteiger partial charge in [-0.1, -0.05) is 13.3 Å². The van der Waals surface area contributed by atoms with E-state index in [4.69, 9.17) is 0 Å². The van der Waals surface area contributed by atoms with Crippen molar-refractivity contribution in [3.8, 4) is 0 Å². The number of piperidine rings is 2. The molecule has 0 spiro atoms. The van der Waals surface area contributed by atoms with E-state index >= 15 is 0 Å². The van der Waals surface area contributed by atoms with Crippen LogP contribution in [0, 0.1) is 5.92 Å². The Balaban J connectivity index is 1.86. The molecule has 2 fully saturated rings. The molecule has 2 nitrogen and oxygen atoms in total. The molecule has 2 aliphatic heterocycles. The van der Waals surface area contributed by atoms with Crippen molar-refractivity contribution >= 4 is 0 Å². The maximum absolute atomic E-state index is 3.83. The minimum absolute atomic E-state index is 0.499. The average molecular weight is 224 g/mol. The molecule has 2 heterocycles. The van der Waals surface area contributed by atoms with Crippen LogP contribution in [0.1, 0.15) is 51.9 Å².